The summed E-state index contributed by atoms with van der Waals surface area (Å²) in [4.78, 5) is 27.2. The van der Waals surface area contributed by atoms with Crippen molar-refractivity contribution in [2.75, 3.05) is 6.61 Å². The largest absolute Gasteiger partial charge is 0.493 e. The number of hydrogen-bond donors (Lipinski definition) is 1. The molecule has 0 bridgehead atoms. The summed E-state index contributed by atoms with van der Waals surface area (Å²) in [5.74, 6) is 1.04. The molecular formula is C28H26N2O5. The molecule has 1 N–H and O–H groups in total. The van der Waals surface area contributed by atoms with E-state index in [0.29, 0.717) is 25.3 Å². The van der Waals surface area contributed by atoms with Gasteiger partial charge in [0.15, 0.2) is 6.10 Å². The predicted molar refractivity (Wildman–Crippen MR) is 131 cm³/mol. The molecule has 1 atom stereocenters. The molecule has 1 aromatic heterocycles. The fourth-order valence-corrected chi connectivity index (χ4v) is 4.23. The van der Waals surface area contributed by atoms with Crippen LogP contribution in [-0.2, 0) is 22.4 Å². The molecule has 1 saturated heterocycles. The summed E-state index contributed by atoms with van der Waals surface area (Å²) in [6.07, 6.45) is 3.03. The van der Waals surface area contributed by atoms with Crippen molar-refractivity contribution in [1.29, 1.82) is 0 Å². The number of aromatic nitrogens is 1. The molecule has 0 radical (unpaired) electrons. The number of carbonyl (C=O) groups is 2. The van der Waals surface area contributed by atoms with Crippen molar-refractivity contribution in [2.24, 2.45) is 0 Å². The molecule has 35 heavy (non-hydrogen) atoms. The van der Waals surface area contributed by atoms with E-state index < -0.39 is 12.2 Å². The molecule has 0 aliphatic carbocycles. The third-order valence-electron chi connectivity index (χ3n) is 6.15. The number of carbonyl (C=O) groups excluding carboxylic acids is 2. The average molecular weight is 471 g/mol. The van der Waals surface area contributed by atoms with Gasteiger partial charge in [-0.2, -0.15) is 0 Å². The summed E-state index contributed by atoms with van der Waals surface area (Å²) in [5, 5.41) is 4.54. The molecule has 1 fully saturated rings. The Morgan fingerprint density at radius 3 is 2.69 bits per heavy atom. The van der Waals surface area contributed by atoms with Crippen LogP contribution in [0.4, 0.5) is 4.79 Å². The third-order valence-corrected chi connectivity index (χ3v) is 6.15. The first-order chi connectivity index (χ1) is 17.0. The second-order valence-electron chi connectivity index (χ2n) is 8.67. The van der Waals surface area contributed by atoms with Crippen LogP contribution >= 0.6 is 0 Å². The van der Waals surface area contributed by atoms with E-state index in [2.05, 4.69) is 47.6 Å². The Morgan fingerprint density at radius 2 is 1.89 bits per heavy atom. The highest BCUT2D eigenvalue weighted by atomic mass is 16.6. The van der Waals surface area contributed by atoms with Crippen molar-refractivity contribution in [1.82, 2.24) is 10.3 Å². The van der Waals surface area contributed by atoms with Gasteiger partial charge in [0, 0.05) is 12.0 Å². The normalized spacial score (nSPS) is 15.3. The smallest absolute Gasteiger partial charge is 0.414 e. The topological polar surface area (TPSA) is 90.7 Å². The minimum Gasteiger partial charge on any atom is -0.493 e. The van der Waals surface area contributed by atoms with E-state index in [1.807, 2.05) is 30.3 Å². The molecule has 0 spiro atoms. The second kappa shape index (κ2) is 10.0. The van der Waals surface area contributed by atoms with Crippen LogP contribution in [0.15, 0.2) is 71.3 Å². The van der Waals surface area contributed by atoms with Crippen molar-refractivity contribution in [3.63, 3.8) is 0 Å². The Morgan fingerprint density at radius 1 is 1.03 bits per heavy atom. The number of fused-ring (bicyclic) bond motifs is 1. The van der Waals surface area contributed by atoms with E-state index in [1.165, 1.54) is 16.3 Å². The molecule has 4 aromatic rings. The Bertz CT molecular complexity index is 1360. The molecule has 7 heteroatoms. The second-order valence-corrected chi connectivity index (χ2v) is 8.67. The van der Waals surface area contributed by atoms with E-state index >= 15 is 0 Å². The van der Waals surface area contributed by atoms with Gasteiger partial charge in [0.05, 0.1) is 12.3 Å². The van der Waals surface area contributed by atoms with Crippen LogP contribution < -0.4 is 10.1 Å². The first kappa shape index (κ1) is 22.7. The number of nitrogens with zero attached hydrogens (tertiary/aromatic N) is 1. The monoisotopic (exact) mass is 470 g/mol. The first-order valence-corrected chi connectivity index (χ1v) is 11.7. The van der Waals surface area contributed by atoms with Gasteiger partial charge in [-0.3, -0.25) is 10.1 Å². The number of imide groups is 1. The van der Waals surface area contributed by atoms with E-state index in [1.54, 1.807) is 6.26 Å². The SMILES string of the molecule is Cc1cccc2cc(-c3nc(CCOc4ccc(CCCC5OC(=O)NC5=O)cc4)co3)ccc12. The quantitative estimate of drug-likeness (QED) is 0.353. The Labute approximate surface area is 203 Å². The van der Waals surface area contributed by atoms with Gasteiger partial charge in [-0.05, 0) is 72.4 Å². The predicted octanol–water partition coefficient (Wildman–Crippen LogP) is 5.38. The zero-order valence-corrected chi connectivity index (χ0v) is 19.5. The maximum absolute atomic E-state index is 11.5. The number of rotatable bonds is 9. The number of hydrogen-bond acceptors (Lipinski definition) is 6. The molecule has 1 aliphatic heterocycles. The Kier molecular flexibility index (Phi) is 6.48. The fraction of sp³-hybridized carbons (Fsp3) is 0.250. The summed E-state index contributed by atoms with van der Waals surface area (Å²) < 4.78 is 16.5. The van der Waals surface area contributed by atoms with Gasteiger partial charge in [0.25, 0.3) is 5.91 Å². The van der Waals surface area contributed by atoms with Crippen LogP contribution in [0.2, 0.25) is 0 Å². The van der Waals surface area contributed by atoms with Gasteiger partial charge >= 0.3 is 6.09 Å². The summed E-state index contributed by atoms with van der Waals surface area (Å²) in [5.41, 5.74) is 4.18. The molecule has 1 aliphatic rings. The lowest BCUT2D eigenvalue weighted by Gasteiger charge is -2.08. The number of cyclic esters (lactones) is 1. The summed E-state index contributed by atoms with van der Waals surface area (Å²) >= 11 is 0. The number of aryl methyl sites for hydroxylation is 2. The van der Waals surface area contributed by atoms with Gasteiger partial charge in [-0.1, -0.05) is 36.4 Å². The summed E-state index contributed by atoms with van der Waals surface area (Å²) in [6.45, 7) is 2.60. The fourth-order valence-electron chi connectivity index (χ4n) is 4.23. The van der Waals surface area contributed by atoms with Gasteiger partial charge in [-0.25, -0.2) is 9.78 Å². The number of benzene rings is 3. The minimum atomic E-state index is -0.674. The molecule has 3 aromatic carbocycles. The Hall–Kier alpha value is -4.13. The third kappa shape index (κ3) is 5.35. The standard InChI is InChI=1S/C28H26N2O5/c1-18-4-2-6-20-16-21(10-13-24(18)20)27-29-22(17-34-27)14-15-33-23-11-8-19(9-12-23)5-3-7-25-26(31)30-28(32)35-25/h2,4,6,8-13,16-17,25H,3,5,7,14-15H2,1H3,(H,30,31,32). The van der Waals surface area contributed by atoms with Crippen molar-refractivity contribution in [2.45, 2.75) is 38.7 Å². The number of oxazole rings is 1. The number of alkyl carbamates (subject to hydrolysis) is 1. The van der Waals surface area contributed by atoms with Crippen molar-refractivity contribution >= 4 is 22.8 Å². The maximum Gasteiger partial charge on any atom is 0.414 e. The molecule has 1 unspecified atom stereocenters. The van der Waals surface area contributed by atoms with E-state index in [9.17, 15) is 9.59 Å². The van der Waals surface area contributed by atoms with Crippen LogP contribution in [0, 0.1) is 6.92 Å². The van der Waals surface area contributed by atoms with Crippen molar-refractivity contribution in [3.8, 4) is 17.2 Å². The average Bonchev–Trinajstić information content (AvgIpc) is 3.46. The molecule has 7 nitrogen and oxygen atoms in total. The van der Waals surface area contributed by atoms with Crippen molar-refractivity contribution in [3.05, 3.63) is 83.7 Å². The van der Waals surface area contributed by atoms with Gasteiger partial charge < -0.3 is 13.9 Å². The summed E-state index contributed by atoms with van der Waals surface area (Å²) in [7, 11) is 0. The van der Waals surface area contributed by atoms with Crippen LogP contribution in [0.25, 0.3) is 22.2 Å². The van der Waals surface area contributed by atoms with Crippen LogP contribution in [0.1, 0.15) is 29.7 Å². The van der Waals surface area contributed by atoms with Crippen LogP contribution in [0.3, 0.4) is 0 Å². The van der Waals surface area contributed by atoms with Gasteiger partial charge in [0.2, 0.25) is 5.89 Å². The highest BCUT2D eigenvalue weighted by molar-refractivity contribution is 5.99. The zero-order chi connectivity index (χ0) is 24.2. The molecular weight excluding hydrogens is 444 g/mol. The van der Waals surface area contributed by atoms with E-state index in [-0.39, 0.29) is 5.91 Å². The lowest BCUT2D eigenvalue weighted by atomic mass is 10.0. The highest BCUT2D eigenvalue weighted by Crippen LogP contribution is 2.26. The van der Waals surface area contributed by atoms with Crippen molar-refractivity contribution < 1.29 is 23.5 Å². The number of ether oxygens (including phenoxy) is 2. The minimum absolute atomic E-state index is 0.356. The van der Waals surface area contributed by atoms with E-state index in [0.717, 1.165) is 35.4 Å². The molecule has 2 heterocycles. The molecule has 0 saturated carbocycles. The zero-order valence-electron chi connectivity index (χ0n) is 19.5. The van der Waals surface area contributed by atoms with Gasteiger partial charge in [-0.15, -0.1) is 0 Å². The van der Waals surface area contributed by atoms with Crippen LogP contribution in [0.5, 0.6) is 5.75 Å². The molecule has 178 valence electrons. The van der Waals surface area contributed by atoms with Crippen LogP contribution in [-0.4, -0.2) is 29.7 Å². The molecule has 2 amide bonds. The summed E-state index contributed by atoms with van der Waals surface area (Å²) in [6, 6.07) is 20.4. The van der Waals surface area contributed by atoms with E-state index in [4.69, 9.17) is 13.9 Å². The first-order valence-electron chi connectivity index (χ1n) is 11.7. The number of amides is 2. The lowest BCUT2D eigenvalue weighted by Crippen LogP contribution is -2.24. The number of nitrogens with one attached hydrogen (secondary N) is 1. The molecule has 5 rings (SSSR count). The Balaban J connectivity index is 1.09. The van der Waals surface area contributed by atoms with Gasteiger partial charge in [0.1, 0.15) is 12.0 Å². The lowest BCUT2D eigenvalue weighted by molar-refractivity contribution is -0.123. The maximum atomic E-state index is 11.5. The highest BCUT2D eigenvalue weighted by Gasteiger charge is 2.31.